The highest BCUT2D eigenvalue weighted by atomic mass is 19.4. The zero-order chi connectivity index (χ0) is 15.8. The van der Waals surface area contributed by atoms with Crippen LogP contribution in [0.5, 0.6) is 5.75 Å². The molecule has 2 rings (SSSR count). The van der Waals surface area contributed by atoms with Gasteiger partial charge in [-0.15, -0.1) is 13.2 Å². The van der Waals surface area contributed by atoms with Gasteiger partial charge in [0.25, 0.3) is 0 Å². The van der Waals surface area contributed by atoms with Gasteiger partial charge in [-0.1, -0.05) is 13.8 Å². The third-order valence-corrected chi connectivity index (χ3v) is 2.83. The number of nitrogens with zero attached hydrogens (tertiary/aromatic N) is 1. The Balaban J connectivity index is 2.63. The fourth-order valence-corrected chi connectivity index (χ4v) is 1.93. The number of carboxylic acids is 1. The summed E-state index contributed by atoms with van der Waals surface area (Å²) in [5, 5.41) is 9.19. The van der Waals surface area contributed by atoms with Crippen molar-refractivity contribution in [3.05, 3.63) is 35.5 Å². The third kappa shape index (κ3) is 3.42. The van der Waals surface area contributed by atoms with E-state index in [1.807, 2.05) is 0 Å². The number of carboxylic acid groups (broad SMARTS) is 1. The molecule has 0 aliphatic rings. The molecule has 7 heteroatoms. The summed E-state index contributed by atoms with van der Waals surface area (Å²) < 4.78 is 41.3. The second-order valence-corrected chi connectivity index (χ2v) is 4.79. The molecule has 0 aliphatic carbocycles. The van der Waals surface area contributed by atoms with E-state index in [4.69, 9.17) is 5.11 Å². The standard InChI is InChI=1S/C14H12F3NO3/c1-7(2)12-11(21-14(15,16)17)6-9-5-8(13(19)20)3-4-10(9)18-12/h3-7H,1-2H3,(H,19,20). The number of rotatable bonds is 3. The van der Waals surface area contributed by atoms with Gasteiger partial charge in [-0.2, -0.15) is 0 Å². The van der Waals surface area contributed by atoms with Crippen LogP contribution in [0, 0.1) is 0 Å². The maximum atomic E-state index is 12.4. The monoisotopic (exact) mass is 299 g/mol. The van der Waals surface area contributed by atoms with Gasteiger partial charge in [0.05, 0.1) is 16.8 Å². The molecule has 21 heavy (non-hydrogen) atoms. The minimum atomic E-state index is -4.83. The molecule has 0 saturated carbocycles. The smallest absolute Gasteiger partial charge is 0.478 e. The summed E-state index contributed by atoms with van der Waals surface area (Å²) in [6.07, 6.45) is -4.83. The molecule has 1 aromatic heterocycles. The molecule has 0 aliphatic heterocycles. The van der Waals surface area contributed by atoms with Gasteiger partial charge in [0.15, 0.2) is 5.75 Å². The van der Waals surface area contributed by atoms with E-state index in [1.54, 1.807) is 13.8 Å². The first kappa shape index (κ1) is 15.1. The average Bonchev–Trinajstić information content (AvgIpc) is 2.34. The minimum Gasteiger partial charge on any atom is -0.478 e. The number of aromatic carboxylic acids is 1. The van der Waals surface area contributed by atoms with Crippen LogP contribution in [0.15, 0.2) is 24.3 Å². The maximum Gasteiger partial charge on any atom is 0.573 e. The fourth-order valence-electron chi connectivity index (χ4n) is 1.93. The summed E-state index contributed by atoms with van der Waals surface area (Å²) in [6.45, 7) is 3.39. The number of alkyl halides is 3. The highest BCUT2D eigenvalue weighted by Gasteiger charge is 2.33. The Morgan fingerprint density at radius 1 is 1.29 bits per heavy atom. The lowest BCUT2D eigenvalue weighted by atomic mass is 10.1. The van der Waals surface area contributed by atoms with Crippen LogP contribution in [0.25, 0.3) is 10.9 Å². The molecule has 0 unspecified atom stereocenters. The van der Waals surface area contributed by atoms with Gasteiger partial charge in [-0.3, -0.25) is 0 Å². The van der Waals surface area contributed by atoms with Crippen molar-refractivity contribution in [3.63, 3.8) is 0 Å². The van der Waals surface area contributed by atoms with Crippen LogP contribution in [0.3, 0.4) is 0 Å². The van der Waals surface area contributed by atoms with Crippen molar-refractivity contribution in [2.75, 3.05) is 0 Å². The second kappa shape index (κ2) is 5.23. The first-order chi connectivity index (χ1) is 9.67. The largest absolute Gasteiger partial charge is 0.573 e. The van der Waals surface area contributed by atoms with Crippen LogP contribution < -0.4 is 4.74 Å². The van der Waals surface area contributed by atoms with Crippen molar-refractivity contribution in [2.24, 2.45) is 0 Å². The van der Waals surface area contributed by atoms with E-state index in [-0.39, 0.29) is 22.6 Å². The zero-order valence-electron chi connectivity index (χ0n) is 11.2. The average molecular weight is 299 g/mol. The molecule has 112 valence electrons. The third-order valence-electron chi connectivity index (χ3n) is 2.83. The number of halogens is 3. The lowest BCUT2D eigenvalue weighted by Gasteiger charge is -2.15. The summed E-state index contributed by atoms with van der Waals surface area (Å²) in [7, 11) is 0. The lowest BCUT2D eigenvalue weighted by molar-refractivity contribution is -0.275. The molecular formula is C14H12F3NO3. The molecule has 2 aromatic rings. The van der Waals surface area contributed by atoms with Crippen LogP contribution in [0.1, 0.15) is 35.8 Å². The van der Waals surface area contributed by atoms with Gasteiger partial charge >= 0.3 is 12.3 Å². The predicted octanol–water partition coefficient (Wildman–Crippen LogP) is 3.96. The van der Waals surface area contributed by atoms with Crippen molar-refractivity contribution in [3.8, 4) is 5.75 Å². The highest BCUT2D eigenvalue weighted by Crippen LogP contribution is 2.32. The SMILES string of the molecule is CC(C)c1nc2ccc(C(=O)O)cc2cc1OC(F)(F)F. The Morgan fingerprint density at radius 3 is 2.48 bits per heavy atom. The molecule has 0 atom stereocenters. The Kier molecular flexibility index (Phi) is 3.76. The number of benzene rings is 1. The minimum absolute atomic E-state index is 0.0282. The van der Waals surface area contributed by atoms with E-state index in [9.17, 15) is 18.0 Å². The van der Waals surface area contributed by atoms with Gasteiger partial charge in [-0.05, 0) is 30.2 Å². The van der Waals surface area contributed by atoms with Crippen LogP contribution in [0.4, 0.5) is 13.2 Å². The summed E-state index contributed by atoms with van der Waals surface area (Å²) in [4.78, 5) is 15.0. The highest BCUT2D eigenvalue weighted by molar-refractivity contribution is 5.93. The molecule has 0 amide bonds. The van der Waals surface area contributed by atoms with Crippen molar-refractivity contribution in [1.82, 2.24) is 4.98 Å². The molecule has 1 heterocycles. The molecule has 0 bridgehead atoms. The van der Waals surface area contributed by atoms with Crippen molar-refractivity contribution in [1.29, 1.82) is 0 Å². The Bertz CT molecular complexity index is 696. The van der Waals surface area contributed by atoms with Crippen LogP contribution in [-0.2, 0) is 0 Å². The van der Waals surface area contributed by atoms with E-state index in [0.717, 1.165) is 6.07 Å². The van der Waals surface area contributed by atoms with Crippen LogP contribution >= 0.6 is 0 Å². The van der Waals surface area contributed by atoms with Crippen molar-refractivity contribution in [2.45, 2.75) is 26.1 Å². The van der Waals surface area contributed by atoms with E-state index in [0.29, 0.717) is 5.52 Å². The first-order valence-electron chi connectivity index (χ1n) is 6.11. The molecular weight excluding hydrogens is 287 g/mol. The number of ether oxygens (including phenoxy) is 1. The van der Waals surface area contributed by atoms with E-state index in [1.165, 1.54) is 18.2 Å². The van der Waals surface area contributed by atoms with E-state index >= 15 is 0 Å². The summed E-state index contributed by atoms with van der Waals surface area (Å²) in [5.41, 5.74) is 0.556. The maximum absolute atomic E-state index is 12.4. The number of pyridine rings is 1. The first-order valence-corrected chi connectivity index (χ1v) is 6.11. The number of carbonyl (C=O) groups is 1. The number of hydrogen-bond donors (Lipinski definition) is 1. The fraction of sp³-hybridized carbons (Fsp3) is 0.286. The van der Waals surface area contributed by atoms with Crippen LogP contribution in [0.2, 0.25) is 0 Å². The summed E-state index contributed by atoms with van der Waals surface area (Å²) in [5.74, 6) is -1.85. The van der Waals surface area contributed by atoms with Crippen molar-refractivity contribution < 1.29 is 27.8 Å². The number of fused-ring (bicyclic) bond motifs is 1. The number of aromatic nitrogens is 1. The topological polar surface area (TPSA) is 59.4 Å². The summed E-state index contributed by atoms with van der Waals surface area (Å²) in [6, 6.07) is 5.24. The van der Waals surface area contributed by atoms with E-state index in [2.05, 4.69) is 9.72 Å². The van der Waals surface area contributed by atoms with Crippen molar-refractivity contribution >= 4 is 16.9 Å². The van der Waals surface area contributed by atoms with Gasteiger partial charge in [-0.25, -0.2) is 9.78 Å². The molecule has 0 radical (unpaired) electrons. The molecule has 0 saturated heterocycles. The van der Waals surface area contributed by atoms with Gasteiger partial charge in [0.1, 0.15) is 0 Å². The van der Waals surface area contributed by atoms with Crippen LogP contribution in [-0.4, -0.2) is 22.4 Å². The summed E-state index contributed by atoms with van der Waals surface area (Å²) >= 11 is 0. The molecule has 4 nitrogen and oxygen atoms in total. The number of hydrogen-bond acceptors (Lipinski definition) is 3. The zero-order valence-corrected chi connectivity index (χ0v) is 11.2. The van der Waals surface area contributed by atoms with E-state index < -0.39 is 18.1 Å². The molecule has 1 N–H and O–H groups in total. The Hall–Kier alpha value is -2.31. The molecule has 0 fully saturated rings. The second-order valence-electron chi connectivity index (χ2n) is 4.79. The Morgan fingerprint density at radius 2 is 1.95 bits per heavy atom. The predicted molar refractivity (Wildman–Crippen MR) is 69.5 cm³/mol. The quantitative estimate of drug-likeness (QED) is 0.932. The molecule has 1 aromatic carbocycles. The lowest BCUT2D eigenvalue weighted by Crippen LogP contribution is -2.19. The van der Waals surface area contributed by atoms with Gasteiger partial charge in [0, 0.05) is 5.39 Å². The van der Waals surface area contributed by atoms with Gasteiger partial charge < -0.3 is 9.84 Å². The Labute approximate surface area is 118 Å². The molecule has 0 spiro atoms. The van der Waals surface area contributed by atoms with Gasteiger partial charge in [0.2, 0.25) is 0 Å². The normalized spacial score (nSPS) is 11.9.